The molecule has 24 heavy (non-hydrogen) atoms. The molecule has 7 heteroatoms. The van der Waals surface area contributed by atoms with Crippen LogP contribution >= 0.6 is 0 Å². The van der Waals surface area contributed by atoms with Gasteiger partial charge in [0.1, 0.15) is 17.8 Å². The lowest BCUT2D eigenvalue weighted by molar-refractivity contribution is -0.114. The van der Waals surface area contributed by atoms with Gasteiger partial charge in [0.2, 0.25) is 5.91 Å². The van der Waals surface area contributed by atoms with Crippen molar-refractivity contribution in [3.8, 4) is 0 Å². The highest BCUT2D eigenvalue weighted by molar-refractivity contribution is 5.93. The Morgan fingerprint density at radius 1 is 1.08 bits per heavy atom. The molecule has 1 aromatic heterocycles. The quantitative estimate of drug-likeness (QED) is 0.758. The summed E-state index contributed by atoms with van der Waals surface area (Å²) in [5, 5.41) is 8.62. The van der Waals surface area contributed by atoms with Crippen molar-refractivity contribution in [1.29, 1.82) is 0 Å². The maximum absolute atomic E-state index is 12.0. The Balaban J connectivity index is 2.03. The van der Waals surface area contributed by atoms with Crippen LogP contribution in [0.5, 0.6) is 0 Å². The van der Waals surface area contributed by atoms with Crippen LogP contribution in [0.3, 0.4) is 0 Å². The van der Waals surface area contributed by atoms with Crippen molar-refractivity contribution in [1.82, 2.24) is 15.3 Å². The van der Waals surface area contributed by atoms with Crippen molar-refractivity contribution in [2.45, 2.75) is 20.8 Å². The van der Waals surface area contributed by atoms with Crippen LogP contribution in [-0.2, 0) is 4.79 Å². The van der Waals surface area contributed by atoms with E-state index < -0.39 is 0 Å². The molecule has 0 aliphatic carbocycles. The van der Waals surface area contributed by atoms with Crippen LogP contribution in [0.1, 0.15) is 31.3 Å². The van der Waals surface area contributed by atoms with Gasteiger partial charge < -0.3 is 16.0 Å². The van der Waals surface area contributed by atoms with Gasteiger partial charge in [-0.25, -0.2) is 9.97 Å². The van der Waals surface area contributed by atoms with Crippen LogP contribution in [0.2, 0.25) is 0 Å². The molecular formula is C17H21N5O2. The van der Waals surface area contributed by atoms with E-state index in [9.17, 15) is 9.59 Å². The molecule has 0 radical (unpaired) electrons. The molecule has 1 aromatic carbocycles. The van der Waals surface area contributed by atoms with Crippen molar-refractivity contribution in [2.75, 3.05) is 17.2 Å². The third kappa shape index (κ3) is 5.35. The number of hydrogen-bond donors (Lipinski definition) is 3. The monoisotopic (exact) mass is 327 g/mol. The van der Waals surface area contributed by atoms with Crippen molar-refractivity contribution in [2.24, 2.45) is 5.92 Å². The molecular weight excluding hydrogens is 306 g/mol. The molecule has 0 unspecified atom stereocenters. The number of amides is 2. The van der Waals surface area contributed by atoms with E-state index in [1.54, 1.807) is 18.2 Å². The predicted molar refractivity (Wildman–Crippen MR) is 93.2 cm³/mol. The van der Waals surface area contributed by atoms with Crippen LogP contribution in [0, 0.1) is 5.92 Å². The van der Waals surface area contributed by atoms with Gasteiger partial charge in [-0.15, -0.1) is 0 Å². The zero-order valence-electron chi connectivity index (χ0n) is 14.0. The van der Waals surface area contributed by atoms with Gasteiger partial charge in [-0.05, 0) is 30.2 Å². The molecule has 3 N–H and O–H groups in total. The summed E-state index contributed by atoms with van der Waals surface area (Å²) in [6.07, 6.45) is 1.35. The van der Waals surface area contributed by atoms with E-state index in [1.165, 1.54) is 13.3 Å². The number of nitrogens with zero attached hydrogens (tertiary/aromatic N) is 2. The topological polar surface area (TPSA) is 96.0 Å². The van der Waals surface area contributed by atoms with E-state index in [0.717, 1.165) is 5.69 Å². The Bertz CT molecular complexity index is 713. The van der Waals surface area contributed by atoms with Crippen molar-refractivity contribution in [3.05, 3.63) is 42.4 Å². The minimum atomic E-state index is -0.227. The van der Waals surface area contributed by atoms with Gasteiger partial charge in [-0.1, -0.05) is 13.8 Å². The number of carbonyl (C=O) groups excluding carboxylic acids is 2. The minimum Gasteiger partial charge on any atom is -0.350 e. The van der Waals surface area contributed by atoms with Gasteiger partial charge in [-0.3, -0.25) is 9.59 Å². The zero-order chi connectivity index (χ0) is 17.5. The first kappa shape index (κ1) is 17.4. The van der Waals surface area contributed by atoms with Gasteiger partial charge in [-0.2, -0.15) is 0 Å². The molecule has 1 heterocycles. The Labute approximate surface area is 140 Å². The van der Waals surface area contributed by atoms with Crippen molar-refractivity contribution >= 4 is 29.0 Å². The predicted octanol–water partition coefficient (Wildman–Crippen LogP) is 2.56. The first-order valence-corrected chi connectivity index (χ1v) is 7.69. The molecule has 7 nitrogen and oxygen atoms in total. The second kappa shape index (κ2) is 8.05. The number of hydrogen-bond acceptors (Lipinski definition) is 5. The van der Waals surface area contributed by atoms with E-state index in [0.29, 0.717) is 29.7 Å². The lowest BCUT2D eigenvalue weighted by Gasteiger charge is -2.09. The Hall–Kier alpha value is -2.96. The summed E-state index contributed by atoms with van der Waals surface area (Å²) < 4.78 is 0. The largest absolute Gasteiger partial charge is 0.350 e. The molecule has 0 saturated heterocycles. The summed E-state index contributed by atoms with van der Waals surface area (Å²) in [6, 6.07) is 8.78. The third-order valence-electron chi connectivity index (χ3n) is 3.05. The van der Waals surface area contributed by atoms with E-state index in [2.05, 4.69) is 25.9 Å². The summed E-state index contributed by atoms with van der Waals surface area (Å²) in [5.74, 6) is 0.543. The van der Waals surface area contributed by atoms with Crippen LogP contribution in [0.4, 0.5) is 17.2 Å². The van der Waals surface area contributed by atoms with Gasteiger partial charge >= 0.3 is 0 Å². The average Bonchev–Trinajstić information content (AvgIpc) is 2.54. The van der Waals surface area contributed by atoms with Crippen LogP contribution in [-0.4, -0.2) is 28.3 Å². The minimum absolute atomic E-state index is 0.122. The van der Waals surface area contributed by atoms with Gasteiger partial charge in [0.25, 0.3) is 5.91 Å². The van der Waals surface area contributed by atoms with E-state index in [4.69, 9.17) is 0 Å². The number of anilines is 3. The summed E-state index contributed by atoms with van der Waals surface area (Å²) in [4.78, 5) is 31.1. The fraction of sp³-hybridized carbons (Fsp3) is 0.294. The molecule has 126 valence electrons. The standard InChI is InChI=1S/C17H21N5O2/c1-11(2)9-18-17(24)15-8-16(20-10-19-15)22-14-6-4-13(5-7-14)21-12(3)23/h4-8,10-11H,9H2,1-3H3,(H,18,24)(H,21,23)(H,19,20,22). The van der Waals surface area contributed by atoms with Crippen molar-refractivity contribution in [3.63, 3.8) is 0 Å². The molecule has 0 saturated carbocycles. The molecule has 0 atom stereocenters. The molecule has 2 amide bonds. The lowest BCUT2D eigenvalue weighted by Crippen LogP contribution is -2.28. The molecule has 0 aliphatic rings. The SMILES string of the molecule is CC(=O)Nc1ccc(Nc2cc(C(=O)NCC(C)C)ncn2)cc1. The lowest BCUT2D eigenvalue weighted by atomic mass is 10.2. The first-order valence-electron chi connectivity index (χ1n) is 7.69. The molecule has 2 aromatic rings. The molecule has 0 spiro atoms. The summed E-state index contributed by atoms with van der Waals surface area (Å²) in [6.45, 7) is 6.10. The number of nitrogens with one attached hydrogen (secondary N) is 3. The maximum Gasteiger partial charge on any atom is 0.270 e. The highest BCUT2D eigenvalue weighted by atomic mass is 16.2. The molecule has 2 rings (SSSR count). The van der Waals surface area contributed by atoms with Gasteiger partial charge in [0, 0.05) is 30.9 Å². The summed E-state index contributed by atoms with van der Waals surface area (Å²) in [7, 11) is 0. The van der Waals surface area contributed by atoms with Crippen LogP contribution in [0.25, 0.3) is 0 Å². The zero-order valence-corrected chi connectivity index (χ0v) is 14.0. The van der Waals surface area contributed by atoms with Crippen LogP contribution in [0.15, 0.2) is 36.7 Å². The average molecular weight is 327 g/mol. The smallest absolute Gasteiger partial charge is 0.270 e. The third-order valence-corrected chi connectivity index (χ3v) is 3.05. The van der Waals surface area contributed by atoms with Gasteiger partial charge in [0.05, 0.1) is 0 Å². The Morgan fingerprint density at radius 3 is 2.38 bits per heavy atom. The fourth-order valence-corrected chi connectivity index (χ4v) is 1.93. The Morgan fingerprint density at radius 2 is 1.75 bits per heavy atom. The fourth-order valence-electron chi connectivity index (χ4n) is 1.93. The van der Waals surface area contributed by atoms with E-state index in [1.807, 2.05) is 26.0 Å². The number of rotatable bonds is 6. The maximum atomic E-state index is 12.0. The van der Waals surface area contributed by atoms with Crippen molar-refractivity contribution < 1.29 is 9.59 Å². The van der Waals surface area contributed by atoms with Gasteiger partial charge in [0.15, 0.2) is 0 Å². The normalized spacial score (nSPS) is 10.3. The highest BCUT2D eigenvalue weighted by Crippen LogP contribution is 2.17. The van der Waals surface area contributed by atoms with E-state index in [-0.39, 0.29) is 11.8 Å². The summed E-state index contributed by atoms with van der Waals surface area (Å²) in [5.41, 5.74) is 1.81. The molecule has 0 aliphatic heterocycles. The van der Waals surface area contributed by atoms with Crippen LogP contribution < -0.4 is 16.0 Å². The Kier molecular flexibility index (Phi) is 5.83. The first-order chi connectivity index (χ1) is 11.4. The number of carbonyl (C=O) groups is 2. The number of benzene rings is 1. The second-order valence-electron chi connectivity index (χ2n) is 5.78. The molecule has 0 bridgehead atoms. The number of aromatic nitrogens is 2. The highest BCUT2D eigenvalue weighted by Gasteiger charge is 2.09. The molecule has 0 fully saturated rings. The summed E-state index contributed by atoms with van der Waals surface area (Å²) >= 11 is 0. The van der Waals surface area contributed by atoms with E-state index >= 15 is 0 Å². The second-order valence-corrected chi connectivity index (χ2v) is 5.78.